The fraction of sp³-hybridized carbons (Fsp3) is 0.647. The lowest BCUT2D eigenvalue weighted by atomic mass is 9.80. The summed E-state index contributed by atoms with van der Waals surface area (Å²) in [5.41, 5.74) is 1.20. The molecule has 0 amide bonds. The normalized spacial score (nSPS) is 24.6. The van der Waals surface area contributed by atoms with Gasteiger partial charge in [0.1, 0.15) is 11.4 Å². The summed E-state index contributed by atoms with van der Waals surface area (Å²) in [5, 5.41) is 4.23. The third-order valence-corrected chi connectivity index (χ3v) is 5.14. The summed E-state index contributed by atoms with van der Waals surface area (Å²) in [6.07, 6.45) is 4.51. The van der Waals surface area contributed by atoms with Gasteiger partial charge in [-0.15, -0.1) is 0 Å². The third kappa shape index (κ3) is 3.05. The molecule has 0 saturated carbocycles. The van der Waals surface area contributed by atoms with Crippen molar-refractivity contribution in [2.45, 2.75) is 44.2 Å². The van der Waals surface area contributed by atoms with E-state index in [4.69, 9.17) is 16.3 Å². The van der Waals surface area contributed by atoms with Crippen LogP contribution in [0.15, 0.2) is 18.2 Å². The molecule has 1 aromatic carbocycles. The van der Waals surface area contributed by atoms with Gasteiger partial charge in [-0.3, -0.25) is 0 Å². The van der Waals surface area contributed by atoms with Crippen molar-refractivity contribution >= 4 is 11.6 Å². The van der Waals surface area contributed by atoms with E-state index in [0.29, 0.717) is 6.04 Å². The lowest BCUT2D eigenvalue weighted by molar-refractivity contribution is -0.0245. The highest BCUT2D eigenvalue weighted by Crippen LogP contribution is 2.44. The first-order valence-electron chi connectivity index (χ1n) is 8.04. The zero-order valence-electron chi connectivity index (χ0n) is 13.0. The van der Waals surface area contributed by atoms with Crippen molar-refractivity contribution in [3.63, 3.8) is 0 Å². The Morgan fingerprint density at radius 3 is 2.81 bits per heavy atom. The van der Waals surface area contributed by atoms with Crippen LogP contribution in [-0.4, -0.2) is 37.2 Å². The maximum atomic E-state index is 6.45. The molecule has 116 valence electrons. The van der Waals surface area contributed by atoms with Gasteiger partial charge in [-0.1, -0.05) is 18.5 Å². The number of hydrogen-bond acceptors (Lipinski definition) is 3. The highest BCUT2D eigenvalue weighted by atomic mass is 35.5. The van der Waals surface area contributed by atoms with Gasteiger partial charge in [0.05, 0.1) is 0 Å². The van der Waals surface area contributed by atoms with E-state index in [9.17, 15) is 0 Å². The first-order valence-corrected chi connectivity index (χ1v) is 8.42. The second-order valence-corrected chi connectivity index (χ2v) is 6.79. The zero-order valence-corrected chi connectivity index (χ0v) is 13.7. The van der Waals surface area contributed by atoms with E-state index in [1.165, 1.54) is 18.5 Å². The van der Waals surface area contributed by atoms with E-state index < -0.39 is 0 Å². The minimum absolute atomic E-state index is 0.00124. The van der Waals surface area contributed by atoms with Crippen LogP contribution in [0.25, 0.3) is 0 Å². The summed E-state index contributed by atoms with van der Waals surface area (Å²) >= 11 is 6.14. The molecule has 2 heterocycles. The van der Waals surface area contributed by atoms with Crippen molar-refractivity contribution in [3.8, 4) is 5.75 Å². The van der Waals surface area contributed by atoms with Gasteiger partial charge in [0.15, 0.2) is 0 Å². The highest BCUT2D eigenvalue weighted by Gasteiger charge is 2.42. The molecule has 3 nitrogen and oxygen atoms in total. The Kier molecular flexibility index (Phi) is 4.43. The number of ether oxygens (including phenoxy) is 1. The van der Waals surface area contributed by atoms with Crippen LogP contribution in [0.1, 0.15) is 44.2 Å². The first kappa shape index (κ1) is 15.1. The molecule has 1 fully saturated rings. The summed E-state index contributed by atoms with van der Waals surface area (Å²) in [6.45, 7) is 5.75. The van der Waals surface area contributed by atoms with Crippen LogP contribution in [0.5, 0.6) is 5.75 Å². The smallest absolute Gasteiger partial charge is 0.125 e. The molecule has 1 saturated heterocycles. The van der Waals surface area contributed by atoms with Crippen LogP contribution in [-0.2, 0) is 0 Å². The van der Waals surface area contributed by atoms with Gasteiger partial charge >= 0.3 is 0 Å². The van der Waals surface area contributed by atoms with E-state index in [0.717, 1.165) is 43.1 Å². The third-order valence-electron chi connectivity index (χ3n) is 4.91. The minimum atomic E-state index is -0.00124. The molecule has 21 heavy (non-hydrogen) atoms. The van der Waals surface area contributed by atoms with Gasteiger partial charge in [0.25, 0.3) is 0 Å². The molecule has 1 N–H and O–H groups in total. The average molecular weight is 309 g/mol. The van der Waals surface area contributed by atoms with Crippen LogP contribution in [0.3, 0.4) is 0 Å². The zero-order chi connectivity index (χ0) is 14.9. The summed E-state index contributed by atoms with van der Waals surface area (Å²) in [4.78, 5) is 2.56. The molecule has 3 rings (SSSR count). The summed E-state index contributed by atoms with van der Waals surface area (Å²) in [7, 11) is 2.03. The Bertz CT molecular complexity index is 498. The van der Waals surface area contributed by atoms with E-state index >= 15 is 0 Å². The number of nitrogens with zero attached hydrogens (tertiary/aromatic N) is 1. The van der Waals surface area contributed by atoms with Gasteiger partial charge in [-0.2, -0.15) is 0 Å². The Balaban J connectivity index is 1.79. The van der Waals surface area contributed by atoms with Crippen LogP contribution in [0.2, 0.25) is 5.02 Å². The average Bonchev–Trinajstić information content (AvgIpc) is 2.50. The molecule has 0 aliphatic carbocycles. The predicted octanol–water partition coefficient (Wildman–Crippen LogP) is 3.63. The van der Waals surface area contributed by atoms with E-state index in [1.807, 2.05) is 25.2 Å². The number of halogens is 1. The summed E-state index contributed by atoms with van der Waals surface area (Å²) < 4.78 is 6.45. The Labute approximate surface area is 132 Å². The fourth-order valence-corrected chi connectivity index (χ4v) is 3.89. The maximum absolute atomic E-state index is 6.45. The van der Waals surface area contributed by atoms with Crippen LogP contribution in [0.4, 0.5) is 0 Å². The van der Waals surface area contributed by atoms with Crippen molar-refractivity contribution < 1.29 is 4.74 Å². The number of rotatable bonds is 3. The molecule has 0 bridgehead atoms. The van der Waals surface area contributed by atoms with E-state index in [1.54, 1.807) is 0 Å². The van der Waals surface area contributed by atoms with Crippen LogP contribution >= 0.6 is 11.6 Å². The number of nitrogens with one attached hydrogen (secondary N) is 1. The number of hydrogen-bond donors (Lipinski definition) is 1. The molecule has 4 heteroatoms. The molecule has 1 atom stereocenters. The summed E-state index contributed by atoms with van der Waals surface area (Å²) in [6, 6.07) is 6.33. The van der Waals surface area contributed by atoms with Crippen molar-refractivity contribution in [3.05, 3.63) is 28.8 Å². The fourth-order valence-electron chi connectivity index (χ4n) is 3.71. The predicted molar refractivity (Wildman–Crippen MR) is 87.2 cm³/mol. The number of fused-ring (bicyclic) bond motifs is 1. The summed E-state index contributed by atoms with van der Waals surface area (Å²) in [5.74, 6) is 1.01. The molecule has 1 spiro atoms. The second-order valence-electron chi connectivity index (χ2n) is 6.35. The van der Waals surface area contributed by atoms with Gasteiger partial charge in [-0.25, -0.2) is 0 Å². The standard InChI is InChI=1S/C17H25ClN2O/c1-3-8-20-9-6-17(7-10-20)12-15(19-2)14-11-13(18)4-5-16(14)21-17/h4-5,11,15,19H,3,6-10,12H2,1-2H3. The first-order chi connectivity index (χ1) is 10.2. The second kappa shape index (κ2) is 6.15. The lowest BCUT2D eigenvalue weighted by Gasteiger charge is -2.47. The van der Waals surface area contributed by atoms with Gasteiger partial charge < -0.3 is 15.0 Å². The molecule has 0 aromatic heterocycles. The molecule has 2 aliphatic rings. The molecule has 0 radical (unpaired) electrons. The largest absolute Gasteiger partial charge is 0.487 e. The Morgan fingerprint density at radius 2 is 2.14 bits per heavy atom. The van der Waals surface area contributed by atoms with Crippen LogP contribution < -0.4 is 10.1 Å². The quantitative estimate of drug-likeness (QED) is 0.923. The van der Waals surface area contributed by atoms with Gasteiger partial charge in [-0.05, 0) is 51.1 Å². The highest BCUT2D eigenvalue weighted by molar-refractivity contribution is 6.30. The van der Waals surface area contributed by atoms with E-state index in [-0.39, 0.29) is 5.60 Å². The Morgan fingerprint density at radius 1 is 1.38 bits per heavy atom. The monoisotopic (exact) mass is 308 g/mol. The molecule has 1 unspecified atom stereocenters. The molecular formula is C17H25ClN2O. The van der Waals surface area contributed by atoms with E-state index in [2.05, 4.69) is 17.1 Å². The van der Waals surface area contributed by atoms with Crippen molar-refractivity contribution in [1.29, 1.82) is 0 Å². The van der Waals surface area contributed by atoms with Crippen molar-refractivity contribution in [1.82, 2.24) is 10.2 Å². The van der Waals surface area contributed by atoms with Crippen molar-refractivity contribution in [2.75, 3.05) is 26.7 Å². The topological polar surface area (TPSA) is 24.5 Å². The van der Waals surface area contributed by atoms with Gasteiger partial charge in [0, 0.05) is 36.1 Å². The number of benzene rings is 1. The molecule has 2 aliphatic heterocycles. The number of piperidine rings is 1. The van der Waals surface area contributed by atoms with Crippen molar-refractivity contribution in [2.24, 2.45) is 0 Å². The molecule has 1 aromatic rings. The SMILES string of the molecule is CCCN1CCC2(CC1)CC(NC)c1cc(Cl)ccc1O2. The lowest BCUT2D eigenvalue weighted by Crippen LogP contribution is -2.51. The van der Waals surface area contributed by atoms with Gasteiger partial charge in [0.2, 0.25) is 0 Å². The van der Waals surface area contributed by atoms with Crippen LogP contribution in [0, 0.1) is 0 Å². The number of likely N-dealkylation sites (tertiary alicyclic amines) is 1. The minimum Gasteiger partial charge on any atom is -0.487 e. The Hall–Kier alpha value is -0.770. The maximum Gasteiger partial charge on any atom is 0.125 e. The molecular weight excluding hydrogens is 284 g/mol.